The number of aryl methyl sites for hydroxylation is 1. The summed E-state index contributed by atoms with van der Waals surface area (Å²) in [4.78, 5) is 24.3. The van der Waals surface area contributed by atoms with Gasteiger partial charge in [-0.1, -0.05) is 48.7 Å². The van der Waals surface area contributed by atoms with Gasteiger partial charge in [0, 0.05) is 13.6 Å². The van der Waals surface area contributed by atoms with Crippen LogP contribution >= 0.6 is 0 Å². The zero-order chi connectivity index (χ0) is 26.8. The van der Waals surface area contributed by atoms with E-state index < -0.39 is 26.0 Å². The van der Waals surface area contributed by atoms with Crippen LogP contribution in [0.2, 0.25) is 0 Å². The number of hydrogen-bond donors (Lipinski definition) is 4. The fourth-order valence-electron chi connectivity index (χ4n) is 3.39. The molecule has 1 amide bonds. The van der Waals surface area contributed by atoms with Gasteiger partial charge in [0.2, 0.25) is 20.0 Å². The van der Waals surface area contributed by atoms with Gasteiger partial charge in [0.25, 0.3) is 5.91 Å². The molecule has 1 aliphatic rings. The van der Waals surface area contributed by atoms with Crippen molar-refractivity contribution in [3.05, 3.63) is 11.4 Å². The van der Waals surface area contributed by atoms with Crippen molar-refractivity contribution in [2.45, 2.75) is 58.3 Å². The number of nitrogens with one attached hydrogen (secondary N) is 1. The SMILES string of the molecule is CN(S(C)(=O)=O)S(C)(=O)=O.Cc1nc(C(=O)NC(N)=NCCCCC2CCCCC2)c(N)nc1N. The molecule has 1 aromatic heterocycles. The predicted octanol–water partition coefficient (Wildman–Crippen LogP) is 0.582. The first kappa shape index (κ1) is 30.5. The normalized spacial score (nSPS) is 15.4. The van der Waals surface area contributed by atoms with Crippen LogP contribution in [-0.2, 0) is 20.0 Å². The van der Waals surface area contributed by atoms with Gasteiger partial charge in [0.05, 0.1) is 18.2 Å². The van der Waals surface area contributed by atoms with E-state index in [0.29, 0.717) is 15.9 Å². The predicted molar refractivity (Wildman–Crippen MR) is 137 cm³/mol. The highest BCUT2D eigenvalue weighted by atomic mass is 32.3. The number of nitrogen functional groups attached to an aromatic ring is 2. The summed E-state index contributed by atoms with van der Waals surface area (Å²) in [6.07, 6.45) is 11.9. The van der Waals surface area contributed by atoms with Crippen LogP contribution in [0.4, 0.5) is 11.6 Å². The minimum atomic E-state index is -3.62. The highest BCUT2D eigenvalue weighted by molar-refractivity contribution is 8.03. The number of aromatic nitrogens is 2. The van der Waals surface area contributed by atoms with Gasteiger partial charge < -0.3 is 17.2 Å². The van der Waals surface area contributed by atoms with Crippen molar-refractivity contribution in [2.75, 3.05) is 37.6 Å². The molecule has 1 aromatic rings. The van der Waals surface area contributed by atoms with E-state index in [4.69, 9.17) is 17.2 Å². The van der Waals surface area contributed by atoms with Crippen molar-refractivity contribution in [3.8, 4) is 0 Å². The Balaban J connectivity index is 0.000000518. The lowest BCUT2D eigenvalue weighted by atomic mass is 9.86. The molecular formula is C20H38N8O5S2. The second kappa shape index (κ2) is 13.5. The van der Waals surface area contributed by atoms with E-state index in [1.807, 2.05) is 0 Å². The minimum Gasteiger partial charge on any atom is -0.382 e. The van der Waals surface area contributed by atoms with Gasteiger partial charge in [-0.2, -0.15) is 0 Å². The minimum absolute atomic E-state index is 0.00199. The van der Waals surface area contributed by atoms with Crippen LogP contribution in [0, 0.1) is 12.8 Å². The van der Waals surface area contributed by atoms with Crippen molar-refractivity contribution in [3.63, 3.8) is 0 Å². The Hall–Kier alpha value is -2.52. The van der Waals surface area contributed by atoms with Gasteiger partial charge in [-0.25, -0.2) is 26.8 Å². The number of hydrogen-bond acceptors (Lipinski definition) is 10. The zero-order valence-corrected chi connectivity index (χ0v) is 22.5. The van der Waals surface area contributed by atoms with Crippen molar-refractivity contribution in [1.29, 1.82) is 0 Å². The highest BCUT2D eigenvalue weighted by Gasteiger charge is 2.20. The second-order valence-electron chi connectivity index (χ2n) is 8.55. The molecule has 1 aliphatic carbocycles. The van der Waals surface area contributed by atoms with Gasteiger partial charge >= 0.3 is 0 Å². The van der Waals surface area contributed by atoms with Crippen molar-refractivity contribution >= 4 is 43.5 Å². The Bertz CT molecular complexity index is 1070. The maximum atomic E-state index is 12.1. The van der Waals surface area contributed by atoms with E-state index in [9.17, 15) is 21.6 Å². The molecule has 0 radical (unpaired) electrons. The van der Waals surface area contributed by atoms with Crippen molar-refractivity contribution < 1.29 is 21.6 Å². The number of carbonyl (C=O) groups excluding carboxylic acids is 1. The summed E-state index contributed by atoms with van der Waals surface area (Å²) in [6.45, 7) is 2.25. The summed E-state index contributed by atoms with van der Waals surface area (Å²) in [7, 11) is -6.24. The first-order valence-corrected chi connectivity index (χ1v) is 15.0. The lowest BCUT2D eigenvalue weighted by Crippen LogP contribution is -2.38. The zero-order valence-electron chi connectivity index (χ0n) is 20.8. The molecule has 0 aromatic carbocycles. The van der Waals surface area contributed by atoms with Crippen LogP contribution in [0.3, 0.4) is 0 Å². The number of anilines is 2. The molecule has 0 bridgehead atoms. The van der Waals surface area contributed by atoms with E-state index in [1.54, 1.807) is 6.92 Å². The first-order chi connectivity index (χ1) is 16.1. The van der Waals surface area contributed by atoms with Crippen LogP contribution in [0.15, 0.2) is 4.99 Å². The second-order valence-corrected chi connectivity index (χ2v) is 12.8. The molecule has 1 fully saturated rings. The third-order valence-electron chi connectivity index (χ3n) is 5.55. The third-order valence-corrected chi connectivity index (χ3v) is 9.04. The standard InChI is InChI=1S/C17H29N7O.C3H9NO4S2/c1-11-14(18)23-15(19)13(22-11)16(25)24-17(20)21-10-6-5-9-12-7-3-2-4-8-12;1-4(9(2,5)6)10(3,7)8/h12H,2-10H2,1H3,(H4,18,19,23)(H3,20,21,24,25);1-3H3. The van der Waals surface area contributed by atoms with Crippen LogP contribution in [0.1, 0.15) is 67.5 Å². The number of guanidine groups is 1. The van der Waals surface area contributed by atoms with Crippen LogP contribution in [0.25, 0.3) is 0 Å². The monoisotopic (exact) mass is 534 g/mol. The number of carbonyl (C=O) groups is 1. The molecule has 15 heteroatoms. The van der Waals surface area contributed by atoms with Crippen LogP contribution < -0.4 is 22.5 Å². The van der Waals surface area contributed by atoms with Gasteiger partial charge in [-0.3, -0.25) is 15.1 Å². The average molecular weight is 535 g/mol. The van der Waals surface area contributed by atoms with Crippen molar-refractivity contribution in [2.24, 2.45) is 16.6 Å². The van der Waals surface area contributed by atoms with E-state index in [-0.39, 0.29) is 23.3 Å². The summed E-state index contributed by atoms with van der Waals surface area (Å²) in [6, 6.07) is 0. The number of nitrogens with zero attached hydrogens (tertiary/aromatic N) is 4. The lowest BCUT2D eigenvalue weighted by molar-refractivity contribution is 0.0972. The molecule has 0 saturated heterocycles. The number of sulfonamides is 2. The Kier molecular flexibility index (Phi) is 11.8. The Labute approximate surface area is 208 Å². The number of unbranched alkanes of at least 4 members (excludes halogenated alkanes) is 1. The van der Waals surface area contributed by atoms with E-state index in [1.165, 1.54) is 38.5 Å². The quantitative estimate of drug-likeness (QED) is 0.206. The summed E-state index contributed by atoms with van der Waals surface area (Å²) in [5.74, 6) is 0.592. The first-order valence-electron chi connectivity index (χ1n) is 11.3. The number of aliphatic imine (C=N–C) groups is 1. The van der Waals surface area contributed by atoms with Crippen LogP contribution in [-0.4, -0.2) is 68.5 Å². The van der Waals surface area contributed by atoms with E-state index in [0.717, 1.165) is 38.3 Å². The summed E-state index contributed by atoms with van der Waals surface area (Å²) >= 11 is 0. The fraction of sp³-hybridized carbons (Fsp3) is 0.700. The topological polar surface area (TPSA) is 217 Å². The largest absolute Gasteiger partial charge is 0.382 e. The van der Waals surface area contributed by atoms with Crippen molar-refractivity contribution in [1.82, 2.24) is 19.0 Å². The Morgan fingerprint density at radius 2 is 1.60 bits per heavy atom. The maximum absolute atomic E-state index is 12.1. The van der Waals surface area contributed by atoms with E-state index in [2.05, 4.69) is 20.3 Å². The van der Waals surface area contributed by atoms with Gasteiger partial charge in [0.15, 0.2) is 17.5 Å². The molecule has 2 rings (SSSR count). The number of rotatable bonds is 8. The molecule has 200 valence electrons. The fourth-order valence-corrected chi connectivity index (χ4v) is 5.36. The van der Waals surface area contributed by atoms with Gasteiger partial charge in [-0.15, -0.1) is 0 Å². The molecule has 0 unspecified atom stereocenters. The molecule has 0 spiro atoms. The molecule has 35 heavy (non-hydrogen) atoms. The molecule has 1 heterocycles. The molecular weight excluding hydrogens is 496 g/mol. The molecule has 0 atom stereocenters. The summed E-state index contributed by atoms with van der Waals surface area (Å²) in [5, 5.41) is 2.49. The Morgan fingerprint density at radius 3 is 2.11 bits per heavy atom. The lowest BCUT2D eigenvalue weighted by Gasteiger charge is -2.20. The Morgan fingerprint density at radius 1 is 1.03 bits per heavy atom. The van der Waals surface area contributed by atoms with Gasteiger partial charge in [-0.05, 0) is 19.3 Å². The molecule has 7 N–H and O–H groups in total. The highest BCUT2D eigenvalue weighted by Crippen LogP contribution is 2.27. The van der Waals surface area contributed by atoms with E-state index >= 15 is 0 Å². The summed E-state index contributed by atoms with van der Waals surface area (Å²) < 4.78 is 42.4. The third kappa shape index (κ3) is 11.2. The smallest absolute Gasteiger partial charge is 0.280 e. The molecule has 1 saturated carbocycles. The average Bonchev–Trinajstić information content (AvgIpc) is 2.75. The summed E-state index contributed by atoms with van der Waals surface area (Å²) in [5.41, 5.74) is 17.5. The number of amides is 1. The van der Waals surface area contributed by atoms with Crippen LogP contribution in [0.5, 0.6) is 0 Å². The molecule has 13 nitrogen and oxygen atoms in total. The number of nitrogens with two attached hydrogens (primary N) is 3. The molecule has 0 aliphatic heterocycles. The van der Waals surface area contributed by atoms with Gasteiger partial charge in [0.1, 0.15) is 5.82 Å². The maximum Gasteiger partial charge on any atom is 0.280 e.